The van der Waals surface area contributed by atoms with Crippen LogP contribution in [0.15, 0.2) is 34.1 Å². The van der Waals surface area contributed by atoms with E-state index in [9.17, 15) is 0 Å². The van der Waals surface area contributed by atoms with Crippen molar-refractivity contribution < 1.29 is 4.74 Å². The average molecular weight is 350 g/mol. The highest BCUT2D eigenvalue weighted by molar-refractivity contribution is 9.10. The topological polar surface area (TPSA) is 47.0 Å². The van der Waals surface area contributed by atoms with Crippen molar-refractivity contribution in [2.24, 2.45) is 0 Å². The molecule has 0 unspecified atom stereocenters. The monoisotopic (exact) mass is 349 g/mol. The molecule has 0 saturated heterocycles. The number of benzene rings is 1. The Labute approximate surface area is 129 Å². The van der Waals surface area contributed by atoms with Gasteiger partial charge in [-0.25, -0.2) is 9.97 Å². The molecule has 2 heterocycles. The number of fused-ring (bicyclic) bond motifs is 1. The van der Waals surface area contributed by atoms with Crippen molar-refractivity contribution >= 4 is 44.0 Å². The van der Waals surface area contributed by atoms with Crippen LogP contribution in [0.3, 0.4) is 0 Å². The van der Waals surface area contributed by atoms with Gasteiger partial charge in [0.1, 0.15) is 11.6 Å². The van der Waals surface area contributed by atoms with Crippen molar-refractivity contribution in [3.05, 3.63) is 34.1 Å². The Morgan fingerprint density at radius 3 is 2.80 bits per heavy atom. The van der Waals surface area contributed by atoms with Gasteiger partial charge in [0, 0.05) is 28.4 Å². The van der Waals surface area contributed by atoms with Crippen LogP contribution < -0.4 is 10.1 Å². The number of rotatable bonds is 3. The molecule has 0 spiro atoms. The van der Waals surface area contributed by atoms with Crippen LogP contribution in [-0.4, -0.2) is 24.1 Å². The Morgan fingerprint density at radius 1 is 1.25 bits per heavy atom. The molecular formula is C14H12BrN3OS. The lowest BCUT2D eigenvalue weighted by atomic mass is 10.2. The van der Waals surface area contributed by atoms with Gasteiger partial charge in [-0.05, 0) is 18.2 Å². The molecule has 3 aromatic rings. The van der Waals surface area contributed by atoms with E-state index in [1.165, 1.54) is 0 Å². The summed E-state index contributed by atoms with van der Waals surface area (Å²) in [5, 5.41) is 6.07. The van der Waals surface area contributed by atoms with Crippen molar-refractivity contribution in [2.75, 3.05) is 19.5 Å². The molecule has 6 heteroatoms. The fourth-order valence-corrected chi connectivity index (χ4v) is 3.09. The predicted octanol–water partition coefficient (Wildman–Crippen LogP) is 4.17. The van der Waals surface area contributed by atoms with E-state index in [2.05, 4.69) is 31.2 Å². The van der Waals surface area contributed by atoms with Gasteiger partial charge in [0.2, 0.25) is 0 Å². The van der Waals surface area contributed by atoms with Crippen molar-refractivity contribution in [3.63, 3.8) is 0 Å². The molecule has 20 heavy (non-hydrogen) atoms. The molecule has 0 aliphatic rings. The van der Waals surface area contributed by atoms with E-state index < -0.39 is 0 Å². The number of ether oxygens (including phenoxy) is 1. The molecule has 0 bridgehead atoms. The molecule has 0 aliphatic carbocycles. The summed E-state index contributed by atoms with van der Waals surface area (Å²) in [4.78, 5) is 10.2. The first kappa shape index (κ1) is 13.3. The quantitative estimate of drug-likeness (QED) is 0.770. The van der Waals surface area contributed by atoms with E-state index in [1.54, 1.807) is 18.4 Å². The summed E-state index contributed by atoms with van der Waals surface area (Å²) in [6, 6.07) is 7.92. The van der Waals surface area contributed by atoms with Crippen LogP contribution in [0.2, 0.25) is 0 Å². The fraction of sp³-hybridized carbons (Fsp3) is 0.143. The molecule has 0 amide bonds. The van der Waals surface area contributed by atoms with Crippen molar-refractivity contribution in [2.45, 2.75) is 0 Å². The zero-order chi connectivity index (χ0) is 14.1. The molecule has 0 aliphatic heterocycles. The third kappa shape index (κ3) is 2.36. The molecule has 1 aromatic carbocycles. The minimum atomic E-state index is 0.706. The molecule has 1 N–H and O–H groups in total. The second kappa shape index (κ2) is 5.38. The smallest absolute Gasteiger partial charge is 0.172 e. The number of thiophene rings is 1. The van der Waals surface area contributed by atoms with E-state index in [4.69, 9.17) is 4.74 Å². The Kier molecular flexibility index (Phi) is 3.58. The summed E-state index contributed by atoms with van der Waals surface area (Å²) in [6.45, 7) is 0. The van der Waals surface area contributed by atoms with Gasteiger partial charge < -0.3 is 10.1 Å². The van der Waals surface area contributed by atoms with Crippen LogP contribution in [0.4, 0.5) is 5.82 Å². The van der Waals surface area contributed by atoms with Gasteiger partial charge in [0.15, 0.2) is 5.82 Å². The standard InChI is InChI=1S/C14H12BrN3OS/c1-16-13-10-5-8(15)3-4-11(10)17-14(18-13)12-6-9(19-2)7-20-12/h3-7H,1-2H3,(H,16,17,18). The summed E-state index contributed by atoms with van der Waals surface area (Å²) < 4.78 is 6.22. The molecule has 0 fully saturated rings. The average Bonchev–Trinajstić information content (AvgIpc) is 2.95. The second-order valence-corrected chi connectivity index (χ2v) is 5.98. The van der Waals surface area contributed by atoms with Gasteiger partial charge in [-0.15, -0.1) is 11.3 Å². The Balaban J connectivity index is 2.19. The van der Waals surface area contributed by atoms with Gasteiger partial charge in [-0.2, -0.15) is 0 Å². The summed E-state index contributed by atoms with van der Waals surface area (Å²) in [7, 11) is 3.52. The minimum absolute atomic E-state index is 0.706. The lowest BCUT2D eigenvalue weighted by molar-refractivity contribution is 0.417. The van der Waals surface area contributed by atoms with E-state index >= 15 is 0 Å². The van der Waals surface area contributed by atoms with Crippen LogP contribution in [0, 0.1) is 0 Å². The zero-order valence-electron chi connectivity index (χ0n) is 11.0. The van der Waals surface area contributed by atoms with Gasteiger partial charge in [-0.3, -0.25) is 0 Å². The third-order valence-corrected chi connectivity index (χ3v) is 4.32. The largest absolute Gasteiger partial charge is 0.496 e. The fourth-order valence-electron chi connectivity index (χ4n) is 1.94. The number of hydrogen-bond donors (Lipinski definition) is 1. The molecule has 102 valence electrons. The van der Waals surface area contributed by atoms with Crippen molar-refractivity contribution in [1.82, 2.24) is 9.97 Å². The van der Waals surface area contributed by atoms with Crippen LogP contribution in [0.1, 0.15) is 0 Å². The molecular weight excluding hydrogens is 338 g/mol. The van der Waals surface area contributed by atoms with E-state index in [-0.39, 0.29) is 0 Å². The number of aromatic nitrogens is 2. The Bertz CT molecular complexity index is 772. The summed E-state index contributed by atoms with van der Waals surface area (Å²) in [5.41, 5.74) is 0.912. The van der Waals surface area contributed by atoms with Gasteiger partial charge >= 0.3 is 0 Å². The Morgan fingerprint density at radius 2 is 2.10 bits per heavy atom. The van der Waals surface area contributed by atoms with Crippen molar-refractivity contribution in [3.8, 4) is 16.5 Å². The second-order valence-electron chi connectivity index (χ2n) is 4.16. The van der Waals surface area contributed by atoms with Gasteiger partial charge in [0.25, 0.3) is 0 Å². The minimum Gasteiger partial charge on any atom is -0.496 e. The highest BCUT2D eigenvalue weighted by Gasteiger charge is 2.11. The molecule has 3 rings (SSSR count). The van der Waals surface area contributed by atoms with Crippen LogP contribution >= 0.6 is 27.3 Å². The number of methoxy groups -OCH3 is 1. The van der Waals surface area contributed by atoms with Gasteiger partial charge in [0.05, 0.1) is 17.5 Å². The van der Waals surface area contributed by atoms with Crippen LogP contribution in [0.25, 0.3) is 21.6 Å². The summed E-state index contributed by atoms with van der Waals surface area (Å²) >= 11 is 5.05. The molecule has 4 nitrogen and oxygen atoms in total. The molecule has 0 saturated carbocycles. The molecule has 2 aromatic heterocycles. The van der Waals surface area contributed by atoms with Crippen LogP contribution in [-0.2, 0) is 0 Å². The number of hydrogen-bond acceptors (Lipinski definition) is 5. The maximum atomic E-state index is 5.21. The van der Waals surface area contributed by atoms with Crippen LogP contribution in [0.5, 0.6) is 5.75 Å². The number of nitrogens with one attached hydrogen (secondary N) is 1. The predicted molar refractivity (Wildman–Crippen MR) is 86.6 cm³/mol. The number of nitrogens with zero attached hydrogens (tertiary/aromatic N) is 2. The highest BCUT2D eigenvalue weighted by Crippen LogP contribution is 2.32. The Hall–Kier alpha value is -1.66. The van der Waals surface area contributed by atoms with E-state index in [0.717, 1.165) is 31.8 Å². The summed E-state index contributed by atoms with van der Waals surface area (Å²) in [6.07, 6.45) is 0. The number of halogens is 1. The summed E-state index contributed by atoms with van der Waals surface area (Å²) in [5.74, 6) is 2.35. The maximum absolute atomic E-state index is 5.21. The zero-order valence-corrected chi connectivity index (χ0v) is 13.4. The lowest BCUT2D eigenvalue weighted by Gasteiger charge is -2.07. The number of anilines is 1. The van der Waals surface area contributed by atoms with E-state index in [0.29, 0.717) is 5.82 Å². The highest BCUT2D eigenvalue weighted by atomic mass is 79.9. The van der Waals surface area contributed by atoms with E-state index in [1.807, 2.05) is 36.7 Å². The molecule has 0 atom stereocenters. The normalized spacial score (nSPS) is 10.8. The molecule has 0 radical (unpaired) electrons. The SMILES string of the molecule is CNc1nc(-c2cc(OC)cs2)nc2ccc(Br)cc12. The first-order chi connectivity index (χ1) is 9.71. The van der Waals surface area contributed by atoms with Gasteiger partial charge in [-0.1, -0.05) is 15.9 Å². The van der Waals surface area contributed by atoms with Crippen molar-refractivity contribution in [1.29, 1.82) is 0 Å². The lowest BCUT2D eigenvalue weighted by Crippen LogP contribution is -1.98. The first-order valence-electron chi connectivity index (χ1n) is 5.99. The maximum Gasteiger partial charge on any atom is 0.172 e. The first-order valence-corrected chi connectivity index (χ1v) is 7.66. The third-order valence-electron chi connectivity index (χ3n) is 2.93.